The molecule has 0 aromatic heterocycles. The van der Waals surface area contributed by atoms with Crippen LogP contribution < -0.4 is 11.5 Å². The number of aliphatic hydroxyl groups is 1. The number of carbonyl (C=O) groups is 1. The summed E-state index contributed by atoms with van der Waals surface area (Å²) in [7, 11) is 0. The molecule has 9 heavy (non-hydrogen) atoms. The van der Waals surface area contributed by atoms with Crippen LogP contribution in [0.15, 0.2) is 12.8 Å². The van der Waals surface area contributed by atoms with Gasteiger partial charge in [-0.25, -0.2) is 4.79 Å². The monoisotopic (exact) mass is 134 g/mol. The molecule has 0 bridgehead atoms. The van der Waals surface area contributed by atoms with E-state index in [1.165, 1.54) is 6.26 Å². The van der Waals surface area contributed by atoms with Crippen LogP contribution in [0.4, 0.5) is 4.79 Å². The molecule has 0 unspecified atom stereocenters. The molecule has 0 aliphatic carbocycles. The van der Waals surface area contributed by atoms with E-state index in [0.717, 1.165) is 0 Å². The number of nitrogens with two attached hydrogens (primary N) is 2. The number of aliphatic hydroxyl groups excluding tert-OH is 1. The molecule has 2 amide bonds. The first-order valence-corrected chi connectivity index (χ1v) is 2.03. The molecule has 5 heteroatoms. The molecule has 0 saturated carbocycles. The predicted octanol–water partition coefficient (Wildman–Crippen LogP) is -0.880. The fourth-order valence-electron chi connectivity index (χ4n) is 0.0527. The average Bonchev–Trinajstić information content (AvgIpc) is 1.66. The summed E-state index contributed by atoms with van der Waals surface area (Å²) >= 11 is 0. The molecule has 0 aromatic carbocycles. The quantitative estimate of drug-likeness (QED) is 0.338. The molecule has 54 valence electrons. The maximum Gasteiger partial charge on any atom is 0.309 e. The van der Waals surface area contributed by atoms with Gasteiger partial charge in [0.05, 0.1) is 6.26 Å². The molecule has 0 spiro atoms. The molecule has 0 heterocycles. The average molecular weight is 134 g/mol. The van der Waals surface area contributed by atoms with Crippen LogP contribution in [0.1, 0.15) is 0 Å². The van der Waals surface area contributed by atoms with Crippen LogP contribution >= 0.6 is 0 Å². The Kier molecular flexibility index (Phi) is 11.8. The van der Waals surface area contributed by atoms with Gasteiger partial charge in [0.25, 0.3) is 0 Å². The van der Waals surface area contributed by atoms with Gasteiger partial charge in [-0.2, -0.15) is 0 Å². The van der Waals surface area contributed by atoms with E-state index in [1.54, 1.807) is 0 Å². The van der Waals surface area contributed by atoms with Crippen LogP contribution in [0.25, 0.3) is 0 Å². The Morgan fingerprint density at radius 1 is 1.78 bits per heavy atom. The summed E-state index contributed by atoms with van der Waals surface area (Å²) < 4.78 is 4.15. The molecule has 5 nitrogen and oxygen atoms in total. The van der Waals surface area contributed by atoms with Gasteiger partial charge in [-0.05, 0) is 0 Å². The largest absolute Gasteiger partial charge is 0.476 e. The summed E-state index contributed by atoms with van der Waals surface area (Å²) in [6.45, 7) is 2.89. The third-order valence-electron chi connectivity index (χ3n) is 0.192. The minimum atomic E-state index is -0.833. The second kappa shape index (κ2) is 9.91. The third-order valence-corrected chi connectivity index (χ3v) is 0.192. The minimum absolute atomic E-state index is 0.274. The number of hydrogen-bond acceptors (Lipinski definition) is 3. The van der Waals surface area contributed by atoms with E-state index in [2.05, 4.69) is 22.8 Å². The fraction of sp³-hybridized carbons (Fsp3) is 0.250. The minimum Gasteiger partial charge on any atom is -0.476 e. The first-order valence-electron chi connectivity index (χ1n) is 2.03. The highest BCUT2D eigenvalue weighted by molar-refractivity contribution is 5.69. The lowest BCUT2D eigenvalue weighted by molar-refractivity contribution is 0.0608. The van der Waals surface area contributed by atoms with Gasteiger partial charge < -0.3 is 21.3 Å². The lowest BCUT2D eigenvalue weighted by Crippen LogP contribution is -2.18. The Balaban J connectivity index is 0. The normalized spacial score (nSPS) is 6.33. The van der Waals surface area contributed by atoms with E-state index in [1.807, 2.05) is 0 Å². The fourth-order valence-corrected chi connectivity index (χ4v) is 0.0527. The standard InChI is InChI=1S/C3H6O2.CH4N2O/c1-2-5-3-4;2-1(3)4/h2,4H,1,3H2;(H4,2,3,4). The molecule has 0 saturated heterocycles. The SMILES string of the molecule is C=COCO.NC(N)=O. The van der Waals surface area contributed by atoms with Crippen molar-refractivity contribution < 1.29 is 14.6 Å². The summed E-state index contributed by atoms with van der Waals surface area (Å²) in [6.07, 6.45) is 1.18. The van der Waals surface area contributed by atoms with Crippen LogP contribution in [0.3, 0.4) is 0 Å². The molecule has 0 aliphatic rings. The van der Waals surface area contributed by atoms with Gasteiger partial charge in [0.15, 0.2) is 6.79 Å². The number of primary amides is 2. The summed E-state index contributed by atoms with van der Waals surface area (Å²) in [5, 5.41) is 7.77. The summed E-state index contributed by atoms with van der Waals surface area (Å²) in [6, 6.07) is -0.833. The van der Waals surface area contributed by atoms with Crippen molar-refractivity contribution in [2.75, 3.05) is 6.79 Å². The first kappa shape index (κ1) is 10.7. The van der Waals surface area contributed by atoms with Crippen LogP contribution in [0.2, 0.25) is 0 Å². The Morgan fingerprint density at radius 3 is 2.11 bits per heavy atom. The van der Waals surface area contributed by atoms with Crippen LogP contribution in [-0.4, -0.2) is 17.9 Å². The van der Waals surface area contributed by atoms with Crippen molar-refractivity contribution >= 4 is 6.03 Å². The lowest BCUT2D eigenvalue weighted by Gasteiger charge is -1.83. The molecular formula is C4H10N2O3. The second-order valence-electron chi connectivity index (χ2n) is 0.865. The van der Waals surface area contributed by atoms with E-state index in [0.29, 0.717) is 0 Å². The van der Waals surface area contributed by atoms with Gasteiger partial charge in [0.2, 0.25) is 0 Å². The van der Waals surface area contributed by atoms with Crippen LogP contribution in [-0.2, 0) is 4.74 Å². The van der Waals surface area contributed by atoms with Gasteiger partial charge in [-0.1, -0.05) is 6.58 Å². The van der Waals surface area contributed by atoms with Crippen molar-refractivity contribution in [1.29, 1.82) is 0 Å². The maximum atomic E-state index is 9.00. The molecule has 0 rings (SSSR count). The molecule has 5 N–H and O–H groups in total. The van der Waals surface area contributed by atoms with E-state index in [4.69, 9.17) is 9.90 Å². The molecule has 0 aromatic rings. The molecule has 0 atom stereocenters. The highest BCUT2D eigenvalue weighted by Crippen LogP contribution is 1.61. The van der Waals surface area contributed by atoms with Crippen LogP contribution in [0.5, 0.6) is 0 Å². The lowest BCUT2D eigenvalue weighted by atomic mass is 11.1. The summed E-state index contributed by atoms with van der Waals surface area (Å²) in [4.78, 5) is 9.00. The van der Waals surface area contributed by atoms with Crippen molar-refractivity contribution in [1.82, 2.24) is 0 Å². The van der Waals surface area contributed by atoms with Crippen molar-refractivity contribution in [2.45, 2.75) is 0 Å². The predicted molar refractivity (Wildman–Crippen MR) is 32.1 cm³/mol. The smallest absolute Gasteiger partial charge is 0.309 e. The topological polar surface area (TPSA) is 98.6 Å². The first-order chi connectivity index (χ1) is 4.15. The number of ether oxygens (including phenoxy) is 1. The van der Waals surface area contributed by atoms with E-state index >= 15 is 0 Å². The molecular weight excluding hydrogens is 124 g/mol. The highest BCUT2D eigenvalue weighted by Gasteiger charge is 1.60. The Hall–Kier alpha value is -1.23. The number of amides is 2. The van der Waals surface area contributed by atoms with Crippen molar-refractivity contribution in [3.05, 3.63) is 12.8 Å². The van der Waals surface area contributed by atoms with Crippen LogP contribution in [0, 0.1) is 0 Å². The van der Waals surface area contributed by atoms with Crippen molar-refractivity contribution in [3.63, 3.8) is 0 Å². The summed E-state index contributed by atoms with van der Waals surface area (Å²) in [5.41, 5.74) is 8.50. The van der Waals surface area contributed by atoms with Gasteiger partial charge in [0.1, 0.15) is 0 Å². The zero-order chi connectivity index (χ0) is 7.70. The van der Waals surface area contributed by atoms with Gasteiger partial charge >= 0.3 is 6.03 Å². The van der Waals surface area contributed by atoms with Gasteiger partial charge in [0, 0.05) is 0 Å². The summed E-state index contributed by atoms with van der Waals surface area (Å²) in [5.74, 6) is 0. The van der Waals surface area contributed by atoms with Gasteiger partial charge in [-0.15, -0.1) is 0 Å². The number of rotatable bonds is 2. The highest BCUT2D eigenvalue weighted by atomic mass is 16.6. The number of hydrogen-bond donors (Lipinski definition) is 3. The molecule has 0 radical (unpaired) electrons. The van der Waals surface area contributed by atoms with Crippen molar-refractivity contribution in [3.8, 4) is 0 Å². The van der Waals surface area contributed by atoms with Gasteiger partial charge in [-0.3, -0.25) is 0 Å². The Bertz CT molecular complexity index is 79.9. The third kappa shape index (κ3) is 260. The van der Waals surface area contributed by atoms with E-state index in [-0.39, 0.29) is 6.79 Å². The zero-order valence-corrected chi connectivity index (χ0v) is 4.91. The van der Waals surface area contributed by atoms with Crippen molar-refractivity contribution in [2.24, 2.45) is 11.5 Å². The number of carbonyl (C=O) groups excluding carboxylic acids is 1. The molecule has 0 fully saturated rings. The number of urea groups is 1. The maximum absolute atomic E-state index is 9.00. The molecule has 0 aliphatic heterocycles. The van der Waals surface area contributed by atoms with E-state index < -0.39 is 6.03 Å². The van der Waals surface area contributed by atoms with E-state index in [9.17, 15) is 0 Å². The Labute approximate surface area is 52.9 Å². The second-order valence-corrected chi connectivity index (χ2v) is 0.865. The zero-order valence-electron chi connectivity index (χ0n) is 4.91. The Morgan fingerprint density at radius 2 is 2.11 bits per heavy atom.